The topological polar surface area (TPSA) is 75.9 Å². The molecule has 0 bridgehead atoms. The van der Waals surface area contributed by atoms with Crippen molar-refractivity contribution in [1.82, 2.24) is 10.2 Å². The number of aromatic nitrogens is 2. The van der Waals surface area contributed by atoms with Crippen LogP contribution in [-0.2, 0) is 16.0 Å². The van der Waals surface area contributed by atoms with E-state index in [2.05, 4.69) is 21.0 Å². The highest BCUT2D eigenvalue weighted by Gasteiger charge is 2.09. The van der Waals surface area contributed by atoms with Crippen molar-refractivity contribution in [3.8, 4) is 27.2 Å². The van der Waals surface area contributed by atoms with Crippen molar-refractivity contribution in [3.05, 3.63) is 59.7 Å². The number of nitriles is 1. The van der Waals surface area contributed by atoms with E-state index in [9.17, 15) is 4.79 Å². The van der Waals surface area contributed by atoms with Gasteiger partial charge >= 0.3 is 5.97 Å². The SMILES string of the molecule is COC(=O)CCc1ccc(-c2nnc(-c3ccc(C#N)cc3)s2)cc1. The zero-order valence-electron chi connectivity index (χ0n) is 13.6. The van der Waals surface area contributed by atoms with Crippen molar-refractivity contribution in [2.75, 3.05) is 7.11 Å². The lowest BCUT2D eigenvalue weighted by atomic mass is 10.1. The fraction of sp³-hybridized carbons (Fsp3) is 0.158. The van der Waals surface area contributed by atoms with Gasteiger partial charge in [0, 0.05) is 17.5 Å². The van der Waals surface area contributed by atoms with Crippen LogP contribution in [0.3, 0.4) is 0 Å². The monoisotopic (exact) mass is 349 g/mol. The Kier molecular flexibility index (Phi) is 5.17. The van der Waals surface area contributed by atoms with Gasteiger partial charge in [-0.1, -0.05) is 47.7 Å². The number of esters is 1. The Hall–Kier alpha value is -3.04. The smallest absolute Gasteiger partial charge is 0.305 e. The number of carbonyl (C=O) groups excluding carboxylic acids is 1. The summed E-state index contributed by atoms with van der Waals surface area (Å²) in [6.45, 7) is 0. The third-order valence-electron chi connectivity index (χ3n) is 3.73. The fourth-order valence-electron chi connectivity index (χ4n) is 2.31. The van der Waals surface area contributed by atoms with Crippen molar-refractivity contribution < 1.29 is 9.53 Å². The molecular weight excluding hydrogens is 334 g/mol. The van der Waals surface area contributed by atoms with E-state index in [0.717, 1.165) is 26.7 Å². The van der Waals surface area contributed by atoms with E-state index in [-0.39, 0.29) is 5.97 Å². The van der Waals surface area contributed by atoms with E-state index >= 15 is 0 Å². The van der Waals surface area contributed by atoms with Crippen LogP contribution in [0, 0.1) is 11.3 Å². The molecule has 0 saturated carbocycles. The van der Waals surface area contributed by atoms with Gasteiger partial charge in [-0.15, -0.1) is 10.2 Å². The molecule has 0 spiro atoms. The highest BCUT2D eigenvalue weighted by molar-refractivity contribution is 7.17. The predicted octanol–water partition coefficient (Wildman–Crippen LogP) is 3.85. The largest absolute Gasteiger partial charge is 0.469 e. The average Bonchev–Trinajstić information content (AvgIpc) is 3.16. The number of ether oxygens (including phenoxy) is 1. The van der Waals surface area contributed by atoms with Gasteiger partial charge in [0.05, 0.1) is 18.7 Å². The summed E-state index contributed by atoms with van der Waals surface area (Å²) >= 11 is 1.50. The Morgan fingerprint density at radius 1 is 1.04 bits per heavy atom. The minimum atomic E-state index is -0.208. The summed E-state index contributed by atoms with van der Waals surface area (Å²) in [5, 5.41) is 19.0. The average molecular weight is 349 g/mol. The summed E-state index contributed by atoms with van der Waals surface area (Å²) in [4.78, 5) is 11.2. The second kappa shape index (κ2) is 7.69. The first-order chi connectivity index (χ1) is 12.2. The Morgan fingerprint density at radius 2 is 1.60 bits per heavy atom. The van der Waals surface area contributed by atoms with E-state index in [4.69, 9.17) is 5.26 Å². The van der Waals surface area contributed by atoms with Crippen molar-refractivity contribution in [2.45, 2.75) is 12.8 Å². The molecule has 25 heavy (non-hydrogen) atoms. The first kappa shape index (κ1) is 16.8. The van der Waals surface area contributed by atoms with Crippen molar-refractivity contribution in [2.24, 2.45) is 0 Å². The molecule has 3 rings (SSSR count). The lowest BCUT2D eigenvalue weighted by Gasteiger charge is -2.01. The molecule has 2 aromatic carbocycles. The van der Waals surface area contributed by atoms with Gasteiger partial charge in [0.25, 0.3) is 0 Å². The molecule has 124 valence electrons. The first-order valence-corrected chi connectivity index (χ1v) is 8.51. The highest BCUT2D eigenvalue weighted by Crippen LogP contribution is 2.30. The molecule has 0 N–H and O–H groups in total. The molecule has 6 heteroatoms. The summed E-state index contributed by atoms with van der Waals surface area (Å²) < 4.78 is 4.65. The van der Waals surface area contributed by atoms with Gasteiger partial charge in [0.2, 0.25) is 0 Å². The highest BCUT2D eigenvalue weighted by atomic mass is 32.1. The second-order valence-corrected chi connectivity index (χ2v) is 6.35. The van der Waals surface area contributed by atoms with Crippen LogP contribution in [0.5, 0.6) is 0 Å². The van der Waals surface area contributed by atoms with Crippen molar-refractivity contribution in [3.63, 3.8) is 0 Å². The van der Waals surface area contributed by atoms with Crippen molar-refractivity contribution in [1.29, 1.82) is 5.26 Å². The van der Waals surface area contributed by atoms with Crippen LogP contribution in [0.1, 0.15) is 17.5 Å². The molecule has 0 saturated heterocycles. The summed E-state index contributed by atoms with van der Waals surface area (Å²) in [6.07, 6.45) is 1.02. The third-order valence-corrected chi connectivity index (χ3v) is 4.75. The Labute approximate surface area is 149 Å². The lowest BCUT2D eigenvalue weighted by Crippen LogP contribution is -2.01. The fourth-order valence-corrected chi connectivity index (χ4v) is 3.16. The molecule has 3 aromatic rings. The van der Waals surface area contributed by atoms with Gasteiger partial charge in [-0.25, -0.2) is 0 Å². The molecule has 0 fully saturated rings. The van der Waals surface area contributed by atoms with Crippen LogP contribution >= 0.6 is 11.3 Å². The number of hydrogen-bond donors (Lipinski definition) is 0. The molecule has 0 unspecified atom stereocenters. The quantitative estimate of drug-likeness (QED) is 0.654. The van der Waals surface area contributed by atoms with Gasteiger partial charge in [-0.2, -0.15) is 5.26 Å². The summed E-state index contributed by atoms with van der Waals surface area (Å²) in [6, 6.07) is 17.3. The first-order valence-electron chi connectivity index (χ1n) is 7.70. The lowest BCUT2D eigenvalue weighted by molar-refractivity contribution is -0.140. The number of nitrogens with zero attached hydrogens (tertiary/aromatic N) is 3. The minimum Gasteiger partial charge on any atom is -0.469 e. The summed E-state index contributed by atoms with van der Waals surface area (Å²) in [5.41, 5.74) is 3.62. The Balaban J connectivity index is 1.73. The van der Waals surface area contributed by atoms with Gasteiger partial charge in [-0.3, -0.25) is 4.79 Å². The maximum absolute atomic E-state index is 11.2. The number of rotatable bonds is 5. The molecule has 0 aliphatic carbocycles. The van der Waals surface area contributed by atoms with E-state index < -0.39 is 0 Å². The number of methoxy groups -OCH3 is 1. The minimum absolute atomic E-state index is 0.208. The van der Waals surface area contributed by atoms with E-state index in [1.54, 1.807) is 12.1 Å². The number of hydrogen-bond acceptors (Lipinski definition) is 6. The van der Waals surface area contributed by atoms with Gasteiger partial charge < -0.3 is 4.74 Å². The standard InChI is InChI=1S/C19H15N3O2S/c1-24-17(23)11-6-13-2-7-15(8-3-13)18-21-22-19(25-18)16-9-4-14(12-20)5-10-16/h2-5,7-10H,6,11H2,1H3. The van der Waals surface area contributed by atoms with Crippen LogP contribution in [0.4, 0.5) is 0 Å². The number of aryl methyl sites for hydroxylation is 1. The predicted molar refractivity (Wildman–Crippen MR) is 95.8 cm³/mol. The zero-order valence-corrected chi connectivity index (χ0v) is 14.4. The maximum atomic E-state index is 11.2. The van der Waals surface area contributed by atoms with Crippen LogP contribution in [-0.4, -0.2) is 23.3 Å². The van der Waals surface area contributed by atoms with Gasteiger partial charge in [0.1, 0.15) is 10.0 Å². The van der Waals surface area contributed by atoms with Gasteiger partial charge in [0.15, 0.2) is 0 Å². The van der Waals surface area contributed by atoms with Crippen LogP contribution in [0.2, 0.25) is 0 Å². The summed E-state index contributed by atoms with van der Waals surface area (Å²) in [7, 11) is 1.40. The Morgan fingerprint density at radius 3 is 2.12 bits per heavy atom. The molecule has 5 nitrogen and oxygen atoms in total. The van der Waals surface area contributed by atoms with Gasteiger partial charge in [-0.05, 0) is 24.1 Å². The molecule has 1 aromatic heterocycles. The Bertz CT molecular complexity index is 909. The van der Waals surface area contributed by atoms with Crippen LogP contribution < -0.4 is 0 Å². The number of benzene rings is 2. The van der Waals surface area contributed by atoms with E-state index in [1.165, 1.54) is 18.4 Å². The molecule has 0 aliphatic rings. The number of carbonyl (C=O) groups is 1. The maximum Gasteiger partial charge on any atom is 0.305 e. The second-order valence-electron chi connectivity index (χ2n) is 5.37. The van der Waals surface area contributed by atoms with Crippen LogP contribution in [0.25, 0.3) is 21.1 Å². The molecule has 1 heterocycles. The molecule has 0 aliphatic heterocycles. The van der Waals surface area contributed by atoms with Crippen molar-refractivity contribution >= 4 is 17.3 Å². The van der Waals surface area contributed by atoms with Crippen LogP contribution in [0.15, 0.2) is 48.5 Å². The zero-order chi connectivity index (χ0) is 17.6. The normalized spacial score (nSPS) is 10.2. The molecule has 0 radical (unpaired) electrons. The van der Waals surface area contributed by atoms with E-state index in [1.807, 2.05) is 36.4 Å². The van der Waals surface area contributed by atoms with E-state index in [0.29, 0.717) is 18.4 Å². The summed E-state index contributed by atoms with van der Waals surface area (Å²) in [5.74, 6) is -0.208. The molecule has 0 amide bonds. The molecular formula is C19H15N3O2S. The third kappa shape index (κ3) is 4.08. The molecule has 0 atom stereocenters.